The fourth-order valence-corrected chi connectivity index (χ4v) is 1.27. The fourth-order valence-electron chi connectivity index (χ4n) is 1.27. The average molecular weight is 215 g/mol. The zero-order chi connectivity index (χ0) is 12.0. The van der Waals surface area contributed by atoms with Crippen LogP contribution in [0, 0.1) is 0 Å². The molecule has 2 unspecified atom stereocenters. The van der Waals surface area contributed by atoms with E-state index in [1.807, 2.05) is 18.7 Å². The van der Waals surface area contributed by atoms with Gasteiger partial charge in [-0.25, -0.2) is 4.79 Å². The maximum absolute atomic E-state index is 11.3. The highest BCUT2D eigenvalue weighted by Crippen LogP contribution is 2.08. The lowest BCUT2D eigenvalue weighted by Crippen LogP contribution is -2.45. The lowest BCUT2D eigenvalue weighted by Gasteiger charge is -2.31. The van der Waals surface area contributed by atoms with Crippen molar-refractivity contribution in [3.8, 4) is 0 Å². The largest absolute Gasteiger partial charge is 0.440 e. The van der Waals surface area contributed by atoms with Gasteiger partial charge in [-0.05, 0) is 26.9 Å². The Morgan fingerprint density at radius 2 is 1.93 bits per heavy atom. The van der Waals surface area contributed by atoms with Crippen molar-refractivity contribution in [2.45, 2.75) is 40.0 Å². The molecule has 0 saturated carbocycles. The number of carbonyl (C=O) groups is 1. The molecule has 0 aliphatic heterocycles. The molecular weight excluding hydrogens is 194 g/mol. The summed E-state index contributed by atoms with van der Waals surface area (Å²) >= 11 is 0. The van der Waals surface area contributed by atoms with Crippen LogP contribution in [0.2, 0.25) is 0 Å². The third-order valence-corrected chi connectivity index (χ3v) is 2.16. The first-order valence-corrected chi connectivity index (χ1v) is 5.22. The van der Waals surface area contributed by atoms with Crippen molar-refractivity contribution in [3.05, 3.63) is 12.2 Å². The summed E-state index contributed by atoms with van der Waals surface area (Å²) in [6, 6.07) is 0. The Balaban J connectivity index is 4.53. The van der Waals surface area contributed by atoms with Gasteiger partial charge in [0.2, 0.25) is 0 Å². The maximum atomic E-state index is 11.3. The summed E-state index contributed by atoms with van der Waals surface area (Å²) in [5, 5.41) is 9.53. The molecule has 15 heavy (non-hydrogen) atoms. The molecule has 0 aliphatic rings. The van der Waals surface area contributed by atoms with Gasteiger partial charge in [0.1, 0.15) is 6.10 Å². The van der Waals surface area contributed by atoms with Gasteiger partial charge in [0.05, 0.1) is 0 Å². The van der Waals surface area contributed by atoms with E-state index in [0.29, 0.717) is 5.57 Å². The lowest BCUT2D eigenvalue weighted by atomic mass is 10.3. The highest BCUT2D eigenvalue weighted by atomic mass is 16.6. The standard InChI is InChI=1S/C11H21NO3/c1-6-12(7-2)10(9(5)13)15-11(14)8(3)4/h9-10,13H,3,6-7H2,1-2,4-5H3. The first-order valence-electron chi connectivity index (χ1n) is 5.22. The van der Waals surface area contributed by atoms with Crippen LogP contribution < -0.4 is 0 Å². The highest BCUT2D eigenvalue weighted by Gasteiger charge is 2.24. The van der Waals surface area contributed by atoms with Crippen molar-refractivity contribution in [3.63, 3.8) is 0 Å². The summed E-state index contributed by atoms with van der Waals surface area (Å²) < 4.78 is 5.15. The topological polar surface area (TPSA) is 49.8 Å². The van der Waals surface area contributed by atoms with Crippen molar-refractivity contribution in [1.82, 2.24) is 4.90 Å². The molecule has 4 heteroatoms. The molecule has 0 amide bonds. The Morgan fingerprint density at radius 1 is 1.47 bits per heavy atom. The number of nitrogens with zero attached hydrogens (tertiary/aromatic N) is 1. The third kappa shape index (κ3) is 4.44. The van der Waals surface area contributed by atoms with Crippen molar-refractivity contribution >= 4 is 5.97 Å². The Hall–Kier alpha value is -0.870. The van der Waals surface area contributed by atoms with Crippen LogP contribution in [0.4, 0.5) is 0 Å². The van der Waals surface area contributed by atoms with E-state index in [-0.39, 0.29) is 0 Å². The minimum Gasteiger partial charge on any atom is -0.440 e. The number of esters is 1. The molecular formula is C11H21NO3. The van der Waals surface area contributed by atoms with Crippen LogP contribution in [0.25, 0.3) is 0 Å². The average Bonchev–Trinajstić information content (AvgIpc) is 2.17. The van der Waals surface area contributed by atoms with Gasteiger partial charge in [0, 0.05) is 5.57 Å². The number of ether oxygens (including phenoxy) is 1. The van der Waals surface area contributed by atoms with E-state index in [9.17, 15) is 9.90 Å². The van der Waals surface area contributed by atoms with E-state index < -0.39 is 18.3 Å². The van der Waals surface area contributed by atoms with Crippen molar-refractivity contribution < 1.29 is 14.6 Å². The molecule has 0 bridgehead atoms. The van der Waals surface area contributed by atoms with Gasteiger partial charge in [-0.1, -0.05) is 20.4 Å². The van der Waals surface area contributed by atoms with Gasteiger partial charge < -0.3 is 9.84 Å². The Morgan fingerprint density at radius 3 is 2.20 bits per heavy atom. The molecule has 4 nitrogen and oxygen atoms in total. The summed E-state index contributed by atoms with van der Waals surface area (Å²) in [7, 11) is 0. The number of hydrogen-bond donors (Lipinski definition) is 1. The Bertz CT molecular complexity index is 222. The van der Waals surface area contributed by atoms with Crippen molar-refractivity contribution in [2.75, 3.05) is 13.1 Å². The van der Waals surface area contributed by atoms with Crippen LogP contribution in [0.1, 0.15) is 27.7 Å². The van der Waals surface area contributed by atoms with Crippen LogP contribution in [0.5, 0.6) is 0 Å². The van der Waals surface area contributed by atoms with Crippen LogP contribution >= 0.6 is 0 Å². The molecule has 0 aliphatic carbocycles. The van der Waals surface area contributed by atoms with Crippen LogP contribution in [-0.2, 0) is 9.53 Å². The van der Waals surface area contributed by atoms with E-state index in [1.54, 1.807) is 13.8 Å². The summed E-state index contributed by atoms with van der Waals surface area (Å²) in [5.41, 5.74) is 0.341. The highest BCUT2D eigenvalue weighted by molar-refractivity contribution is 5.87. The molecule has 0 aromatic carbocycles. The smallest absolute Gasteiger partial charge is 0.334 e. The molecule has 0 fully saturated rings. The molecule has 0 rings (SSSR count). The van der Waals surface area contributed by atoms with Gasteiger partial charge in [-0.2, -0.15) is 0 Å². The summed E-state index contributed by atoms with van der Waals surface area (Å²) in [4.78, 5) is 13.2. The van der Waals surface area contributed by atoms with Crippen LogP contribution in [0.3, 0.4) is 0 Å². The van der Waals surface area contributed by atoms with Crippen LogP contribution in [0.15, 0.2) is 12.2 Å². The van der Waals surface area contributed by atoms with E-state index in [4.69, 9.17) is 4.74 Å². The van der Waals surface area contributed by atoms with Crippen LogP contribution in [-0.4, -0.2) is 41.4 Å². The monoisotopic (exact) mass is 215 g/mol. The van der Waals surface area contributed by atoms with Crippen molar-refractivity contribution in [1.29, 1.82) is 0 Å². The first kappa shape index (κ1) is 14.1. The molecule has 0 heterocycles. The molecule has 88 valence electrons. The predicted molar refractivity (Wildman–Crippen MR) is 59.3 cm³/mol. The molecule has 0 radical (unpaired) electrons. The van der Waals surface area contributed by atoms with Gasteiger partial charge in [0.15, 0.2) is 6.23 Å². The van der Waals surface area contributed by atoms with E-state index in [1.165, 1.54) is 0 Å². The fraction of sp³-hybridized carbons (Fsp3) is 0.727. The SMILES string of the molecule is C=C(C)C(=O)OC(C(C)O)N(CC)CC. The van der Waals surface area contributed by atoms with E-state index in [2.05, 4.69) is 6.58 Å². The molecule has 0 spiro atoms. The number of rotatable bonds is 6. The first-order chi connectivity index (χ1) is 6.93. The molecule has 1 N–H and O–H groups in total. The summed E-state index contributed by atoms with van der Waals surface area (Å²) in [5.74, 6) is -0.465. The van der Waals surface area contributed by atoms with Gasteiger partial charge in [-0.15, -0.1) is 0 Å². The Labute approximate surface area is 91.5 Å². The summed E-state index contributed by atoms with van der Waals surface area (Å²) in [6.07, 6.45) is -1.31. The molecule has 0 aromatic heterocycles. The second kappa shape index (κ2) is 6.58. The zero-order valence-corrected chi connectivity index (χ0v) is 9.99. The van der Waals surface area contributed by atoms with Crippen molar-refractivity contribution in [2.24, 2.45) is 0 Å². The van der Waals surface area contributed by atoms with Gasteiger partial charge >= 0.3 is 5.97 Å². The molecule has 0 saturated heterocycles. The van der Waals surface area contributed by atoms with E-state index in [0.717, 1.165) is 13.1 Å². The normalized spacial score (nSPS) is 14.8. The predicted octanol–water partition coefficient (Wildman–Crippen LogP) is 1.15. The molecule has 2 atom stereocenters. The number of likely N-dealkylation sites (N-methyl/N-ethyl adjacent to an activating group) is 1. The lowest BCUT2D eigenvalue weighted by molar-refractivity contribution is -0.165. The third-order valence-electron chi connectivity index (χ3n) is 2.16. The van der Waals surface area contributed by atoms with Gasteiger partial charge in [-0.3, -0.25) is 4.90 Å². The maximum Gasteiger partial charge on any atom is 0.334 e. The second-order valence-electron chi connectivity index (χ2n) is 3.54. The summed E-state index contributed by atoms with van der Waals surface area (Å²) in [6.45, 7) is 12.0. The molecule has 0 aromatic rings. The zero-order valence-electron chi connectivity index (χ0n) is 9.99. The van der Waals surface area contributed by atoms with Gasteiger partial charge in [0.25, 0.3) is 0 Å². The minimum absolute atomic E-state index is 0.341. The quantitative estimate of drug-likeness (QED) is 0.410. The number of carbonyl (C=O) groups excluding carboxylic acids is 1. The Kier molecular flexibility index (Phi) is 6.20. The number of hydrogen-bond acceptors (Lipinski definition) is 4. The minimum atomic E-state index is -0.715. The van der Waals surface area contributed by atoms with E-state index >= 15 is 0 Å². The number of aliphatic hydroxyl groups excluding tert-OH is 1. The second-order valence-corrected chi connectivity index (χ2v) is 3.54. The number of aliphatic hydroxyl groups is 1.